The summed E-state index contributed by atoms with van der Waals surface area (Å²) in [7, 11) is 0. The third-order valence-electron chi connectivity index (χ3n) is 9.81. The fourth-order valence-electron chi connectivity index (χ4n) is 7.46. The molecule has 0 saturated heterocycles. The number of anilines is 3. The van der Waals surface area contributed by atoms with Crippen LogP contribution < -0.4 is 4.90 Å². The number of hydrogen-bond acceptors (Lipinski definition) is 3. The van der Waals surface area contributed by atoms with Gasteiger partial charge in [0.15, 0.2) is 5.58 Å². The van der Waals surface area contributed by atoms with E-state index >= 15 is 0 Å². The molecule has 2 aromatic heterocycles. The van der Waals surface area contributed by atoms with Gasteiger partial charge in [0.1, 0.15) is 5.52 Å². The Balaban J connectivity index is 1.14. The molecule has 0 radical (unpaired) electrons. The molecule has 2 heterocycles. The van der Waals surface area contributed by atoms with Crippen molar-refractivity contribution in [3.63, 3.8) is 0 Å². The van der Waals surface area contributed by atoms with E-state index in [9.17, 15) is 0 Å². The molecule has 4 nitrogen and oxygen atoms in total. The van der Waals surface area contributed by atoms with Crippen molar-refractivity contribution in [1.29, 1.82) is 0 Å². The number of oxazole rings is 1. The van der Waals surface area contributed by atoms with Gasteiger partial charge in [0.05, 0.1) is 16.7 Å². The third-order valence-corrected chi connectivity index (χ3v) is 9.81. The second-order valence-electron chi connectivity index (χ2n) is 12.8. The largest absolute Gasteiger partial charge is 0.436 e. The van der Waals surface area contributed by atoms with E-state index in [1.807, 2.05) is 36.4 Å². The Labute approximate surface area is 295 Å². The van der Waals surface area contributed by atoms with Crippen LogP contribution in [0.5, 0.6) is 0 Å². The summed E-state index contributed by atoms with van der Waals surface area (Å²) in [6.07, 6.45) is 0. The molecule has 10 rings (SSSR count). The zero-order chi connectivity index (χ0) is 33.7. The van der Waals surface area contributed by atoms with E-state index in [1.165, 1.54) is 27.4 Å². The first-order valence-electron chi connectivity index (χ1n) is 17.2. The molecular weight excluding hydrogens is 623 g/mol. The summed E-state index contributed by atoms with van der Waals surface area (Å²) in [5.74, 6) is 0.629. The van der Waals surface area contributed by atoms with E-state index in [2.05, 4.69) is 161 Å². The average molecular weight is 654 g/mol. The highest BCUT2D eigenvalue weighted by molar-refractivity contribution is 6.09. The lowest BCUT2D eigenvalue weighted by Crippen LogP contribution is -2.11. The first kappa shape index (κ1) is 29.0. The Kier molecular flexibility index (Phi) is 6.78. The van der Waals surface area contributed by atoms with Crippen LogP contribution in [0.15, 0.2) is 192 Å². The molecule has 8 aromatic carbocycles. The fraction of sp³-hybridized carbons (Fsp3) is 0. The van der Waals surface area contributed by atoms with Gasteiger partial charge in [0.25, 0.3) is 0 Å². The molecule has 0 aliphatic heterocycles. The molecule has 0 spiro atoms. The van der Waals surface area contributed by atoms with Crippen LogP contribution in [-0.4, -0.2) is 9.55 Å². The summed E-state index contributed by atoms with van der Waals surface area (Å²) in [6, 6.07) is 66.3. The van der Waals surface area contributed by atoms with Gasteiger partial charge in [-0.15, -0.1) is 0 Å². The minimum absolute atomic E-state index is 0.629. The number of hydrogen-bond donors (Lipinski definition) is 0. The van der Waals surface area contributed by atoms with Crippen LogP contribution in [0.4, 0.5) is 17.1 Å². The minimum Gasteiger partial charge on any atom is -0.436 e. The molecule has 0 saturated carbocycles. The number of rotatable bonds is 6. The summed E-state index contributed by atoms with van der Waals surface area (Å²) in [5, 5.41) is 4.66. The molecule has 0 N–H and O–H groups in total. The van der Waals surface area contributed by atoms with Crippen LogP contribution >= 0.6 is 0 Å². The van der Waals surface area contributed by atoms with Crippen LogP contribution in [0.1, 0.15) is 0 Å². The predicted molar refractivity (Wildman–Crippen MR) is 211 cm³/mol. The molecule has 0 unspecified atom stereocenters. The van der Waals surface area contributed by atoms with E-state index in [4.69, 9.17) is 9.40 Å². The Morgan fingerprint density at radius 2 is 1.08 bits per heavy atom. The topological polar surface area (TPSA) is 34.2 Å². The van der Waals surface area contributed by atoms with Crippen molar-refractivity contribution in [2.24, 2.45) is 0 Å². The molecule has 10 aromatic rings. The quantitative estimate of drug-likeness (QED) is 0.179. The van der Waals surface area contributed by atoms with Gasteiger partial charge in [-0.2, -0.15) is 0 Å². The number of fused-ring (bicyclic) bond motifs is 6. The SMILES string of the molecule is c1ccc(-c2nc3c(ccc4cc(N(c5ccc(-n6c7ccccc7c7ccccc76)cc5)c5ccccc5-c5ccccc5)ccc43)o2)cc1. The van der Waals surface area contributed by atoms with Crippen molar-refractivity contribution >= 4 is 60.7 Å². The number of aromatic nitrogens is 2. The van der Waals surface area contributed by atoms with Crippen molar-refractivity contribution < 1.29 is 4.42 Å². The van der Waals surface area contributed by atoms with E-state index in [0.717, 1.165) is 55.7 Å². The molecule has 240 valence electrons. The molecule has 4 heteroatoms. The van der Waals surface area contributed by atoms with Gasteiger partial charge in [0.2, 0.25) is 5.89 Å². The maximum atomic E-state index is 6.22. The molecule has 0 amide bonds. The zero-order valence-corrected chi connectivity index (χ0v) is 27.6. The molecule has 51 heavy (non-hydrogen) atoms. The molecule has 0 atom stereocenters. The highest BCUT2D eigenvalue weighted by atomic mass is 16.3. The van der Waals surface area contributed by atoms with Gasteiger partial charge >= 0.3 is 0 Å². The van der Waals surface area contributed by atoms with Crippen molar-refractivity contribution in [2.75, 3.05) is 4.90 Å². The lowest BCUT2D eigenvalue weighted by molar-refractivity contribution is 0.620. The summed E-state index contributed by atoms with van der Waals surface area (Å²) in [5.41, 5.74) is 11.7. The number of nitrogens with zero attached hydrogens (tertiary/aromatic N) is 3. The maximum absolute atomic E-state index is 6.22. The minimum atomic E-state index is 0.629. The van der Waals surface area contributed by atoms with Crippen LogP contribution in [0.25, 0.3) is 71.9 Å². The molecule has 0 aliphatic rings. The van der Waals surface area contributed by atoms with Crippen LogP contribution in [-0.2, 0) is 0 Å². The molecule has 0 bridgehead atoms. The van der Waals surface area contributed by atoms with Crippen LogP contribution in [0.2, 0.25) is 0 Å². The predicted octanol–water partition coefficient (Wildman–Crippen LogP) is 12.9. The number of para-hydroxylation sites is 3. The van der Waals surface area contributed by atoms with Crippen molar-refractivity contribution in [3.05, 3.63) is 188 Å². The lowest BCUT2D eigenvalue weighted by atomic mass is 10.0. The van der Waals surface area contributed by atoms with E-state index < -0.39 is 0 Å². The second-order valence-corrected chi connectivity index (χ2v) is 12.8. The summed E-state index contributed by atoms with van der Waals surface area (Å²) in [4.78, 5) is 7.31. The lowest BCUT2D eigenvalue weighted by Gasteiger charge is -2.28. The fourth-order valence-corrected chi connectivity index (χ4v) is 7.46. The van der Waals surface area contributed by atoms with Gasteiger partial charge in [-0.05, 0) is 89.8 Å². The Morgan fingerprint density at radius 1 is 0.471 bits per heavy atom. The standard InChI is InChI=1S/C47H31N3O/c1-3-13-32(14-4-1)38-17-7-10-20-42(38)49(35-24-26-36(27-25-35)50-43-21-11-8-18-40(43)41-19-9-12-22-44(41)50)37-28-29-39-34(31-37)23-30-45-46(39)48-47(51-45)33-15-5-2-6-16-33/h1-31H. The average Bonchev–Trinajstić information content (AvgIpc) is 3.79. The van der Waals surface area contributed by atoms with Crippen molar-refractivity contribution in [1.82, 2.24) is 9.55 Å². The summed E-state index contributed by atoms with van der Waals surface area (Å²) < 4.78 is 8.58. The Hall–Kier alpha value is -6.91. The van der Waals surface area contributed by atoms with Gasteiger partial charge in [-0.25, -0.2) is 4.98 Å². The van der Waals surface area contributed by atoms with Gasteiger partial charge < -0.3 is 13.9 Å². The smallest absolute Gasteiger partial charge is 0.227 e. The summed E-state index contributed by atoms with van der Waals surface area (Å²) in [6.45, 7) is 0. The molecular formula is C47H31N3O. The monoisotopic (exact) mass is 653 g/mol. The first-order chi connectivity index (χ1) is 25.3. The molecule has 0 fully saturated rings. The van der Waals surface area contributed by atoms with Crippen LogP contribution in [0.3, 0.4) is 0 Å². The highest BCUT2D eigenvalue weighted by Gasteiger charge is 2.20. The summed E-state index contributed by atoms with van der Waals surface area (Å²) >= 11 is 0. The van der Waals surface area contributed by atoms with E-state index in [-0.39, 0.29) is 0 Å². The third kappa shape index (κ3) is 4.88. The maximum Gasteiger partial charge on any atom is 0.227 e. The second kappa shape index (κ2) is 11.9. The van der Waals surface area contributed by atoms with Gasteiger partial charge in [0, 0.05) is 44.3 Å². The zero-order valence-electron chi connectivity index (χ0n) is 27.6. The molecule has 0 aliphatic carbocycles. The first-order valence-corrected chi connectivity index (χ1v) is 17.2. The van der Waals surface area contributed by atoms with Crippen LogP contribution in [0, 0.1) is 0 Å². The van der Waals surface area contributed by atoms with Gasteiger partial charge in [-0.1, -0.05) is 109 Å². The normalized spacial score (nSPS) is 11.5. The highest BCUT2D eigenvalue weighted by Crippen LogP contribution is 2.43. The number of benzene rings is 8. The van der Waals surface area contributed by atoms with Gasteiger partial charge in [-0.3, -0.25) is 0 Å². The van der Waals surface area contributed by atoms with Crippen molar-refractivity contribution in [3.8, 4) is 28.3 Å². The Bertz CT molecular complexity index is 2800. The van der Waals surface area contributed by atoms with Crippen molar-refractivity contribution in [2.45, 2.75) is 0 Å². The van der Waals surface area contributed by atoms with E-state index in [0.29, 0.717) is 5.89 Å². The van der Waals surface area contributed by atoms with E-state index in [1.54, 1.807) is 0 Å². The Morgan fingerprint density at radius 3 is 1.80 bits per heavy atom.